The normalized spacial score (nSPS) is 20.4. The molecule has 2 amide bonds. The quantitative estimate of drug-likeness (QED) is 0.789. The predicted octanol–water partition coefficient (Wildman–Crippen LogP) is 3.16. The number of urea groups is 1. The summed E-state index contributed by atoms with van der Waals surface area (Å²) >= 11 is 1.89. The molecule has 2 aromatic rings. The highest BCUT2D eigenvalue weighted by atomic mass is 32.2. The Kier molecular flexibility index (Phi) is 5.23. The Bertz CT molecular complexity index is 627. The molecule has 23 heavy (non-hydrogen) atoms. The van der Waals surface area contributed by atoms with E-state index in [9.17, 15) is 4.79 Å². The monoisotopic (exact) mass is 330 g/mol. The number of aromatic amines is 1. The number of nitrogens with one attached hydrogen (secondary N) is 3. The lowest BCUT2D eigenvalue weighted by Gasteiger charge is -2.14. The highest BCUT2D eigenvalue weighted by Gasteiger charge is 2.24. The second-order valence-electron chi connectivity index (χ2n) is 5.86. The Balaban J connectivity index is 1.46. The van der Waals surface area contributed by atoms with E-state index in [-0.39, 0.29) is 6.03 Å². The molecule has 0 saturated heterocycles. The van der Waals surface area contributed by atoms with E-state index in [1.54, 1.807) is 6.20 Å². The van der Waals surface area contributed by atoms with E-state index in [4.69, 9.17) is 0 Å². The molecule has 3 N–H and O–H groups in total. The predicted molar refractivity (Wildman–Crippen MR) is 94.3 cm³/mol. The summed E-state index contributed by atoms with van der Waals surface area (Å²) in [6.07, 6.45) is 7.23. The van der Waals surface area contributed by atoms with E-state index in [1.165, 1.54) is 6.42 Å². The topological polar surface area (TPSA) is 69.8 Å². The Morgan fingerprint density at radius 1 is 1.30 bits per heavy atom. The minimum atomic E-state index is -0.0746. The molecule has 1 fully saturated rings. The van der Waals surface area contributed by atoms with Crippen molar-refractivity contribution in [3.63, 3.8) is 0 Å². The maximum atomic E-state index is 12.0. The van der Waals surface area contributed by atoms with Crippen molar-refractivity contribution in [3.05, 3.63) is 42.1 Å². The average Bonchev–Trinajstić information content (AvgIpc) is 3.25. The zero-order valence-corrected chi connectivity index (χ0v) is 14.0. The third-order valence-corrected chi connectivity index (χ3v) is 5.37. The summed E-state index contributed by atoms with van der Waals surface area (Å²) in [7, 11) is 0. The van der Waals surface area contributed by atoms with Gasteiger partial charge in [0.2, 0.25) is 0 Å². The molecule has 5 nitrogen and oxygen atoms in total. The van der Waals surface area contributed by atoms with Gasteiger partial charge in [-0.05, 0) is 42.7 Å². The highest BCUT2D eigenvalue weighted by molar-refractivity contribution is 7.99. The number of hydrogen-bond donors (Lipinski definition) is 3. The summed E-state index contributed by atoms with van der Waals surface area (Å²) < 4.78 is 0. The van der Waals surface area contributed by atoms with Gasteiger partial charge in [-0.2, -0.15) is 16.9 Å². The van der Waals surface area contributed by atoms with Crippen molar-refractivity contribution in [3.8, 4) is 11.3 Å². The van der Waals surface area contributed by atoms with Crippen LogP contribution in [0.5, 0.6) is 0 Å². The number of carbonyl (C=O) groups is 1. The van der Waals surface area contributed by atoms with Gasteiger partial charge in [0.05, 0.1) is 5.69 Å². The van der Waals surface area contributed by atoms with Gasteiger partial charge in [-0.3, -0.25) is 5.10 Å². The molecule has 1 aliphatic carbocycles. The van der Waals surface area contributed by atoms with Gasteiger partial charge in [-0.15, -0.1) is 0 Å². The minimum absolute atomic E-state index is 0.0746. The highest BCUT2D eigenvalue weighted by Crippen LogP contribution is 2.28. The van der Waals surface area contributed by atoms with Crippen molar-refractivity contribution in [1.29, 1.82) is 0 Å². The van der Waals surface area contributed by atoms with Crippen molar-refractivity contribution in [1.82, 2.24) is 20.8 Å². The van der Waals surface area contributed by atoms with Crippen LogP contribution in [0, 0.1) is 0 Å². The molecule has 122 valence electrons. The van der Waals surface area contributed by atoms with E-state index >= 15 is 0 Å². The van der Waals surface area contributed by atoms with Crippen LogP contribution in [0.2, 0.25) is 0 Å². The Hall–Kier alpha value is -1.95. The second kappa shape index (κ2) is 7.55. The number of carbonyl (C=O) groups excluding carboxylic acids is 1. The van der Waals surface area contributed by atoms with Crippen LogP contribution < -0.4 is 10.6 Å². The zero-order chi connectivity index (χ0) is 16.1. The summed E-state index contributed by atoms with van der Waals surface area (Å²) in [6, 6.07) is 10.3. The summed E-state index contributed by atoms with van der Waals surface area (Å²) in [5, 5.41) is 13.6. The zero-order valence-electron chi connectivity index (χ0n) is 13.2. The number of H-pyrrole nitrogens is 1. The van der Waals surface area contributed by atoms with Crippen molar-refractivity contribution in [2.24, 2.45) is 0 Å². The van der Waals surface area contributed by atoms with E-state index in [2.05, 4.69) is 27.1 Å². The van der Waals surface area contributed by atoms with Crippen LogP contribution in [0.4, 0.5) is 4.79 Å². The number of amides is 2. The van der Waals surface area contributed by atoms with E-state index in [0.29, 0.717) is 17.8 Å². The van der Waals surface area contributed by atoms with Crippen LogP contribution >= 0.6 is 11.8 Å². The molecule has 0 unspecified atom stereocenters. The number of nitrogens with zero attached hydrogens (tertiary/aromatic N) is 1. The van der Waals surface area contributed by atoms with Crippen LogP contribution in [-0.4, -0.2) is 33.8 Å². The molecule has 1 heterocycles. The van der Waals surface area contributed by atoms with Crippen LogP contribution in [0.15, 0.2) is 36.5 Å². The first-order chi connectivity index (χ1) is 11.2. The fraction of sp³-hybridized carbons (Fsp3) is 0.412. The first-order valence-corrected chi connectivity index (χ1v) is 9.19. The lowest BCUT2D eigenvalue weighted by molar-refractivity contribution is 0.236. The van der Waals surface area contributed by atoms with Crippen LogP contribution in [0.3, 0.4) is 0 Å². The lowest BCUT2D eigenvalue weighted by atomic mass is 10.1. The fourth-order valence-electron chi connectivity index (χ4n) is 2.92. The van der Waals surface area contributed by atoms with Crippen molar-refractivity contribution in [2.75, 3.05) is 6.26 Å². The maximum Gasteiger partial charge on any atom is 0.315 e. The van der Waals surface area contributed by atoms with Gasteiger partial charge >= 0.3 is 6.03 Å². The third kappa shape index (κ3) is 4.28. The molecule has 1 aromatic carbocycles. The van der Waals surface area contributed by atoms with Crippen molar-refractivity contribution < 1.29 is 4.79 Å². The molecule has 2 atom stereocenters. The molecular formula is C17H22N4OS. The summed E-state index contributed by atoms with van der Waals surface area (Å²) in [6.45, 7) is 0.535. The van der Waals surface area contributed by atoms with Crippen LogP contribution in [0.25, 0.3) is 11.3 Å². The SMILES string of the molecule is CS[C@H]1CC[C@@H](NC(=O)NCc2ccc(-c3ccn[nH]3)cc2)C1. The van der Waals surface area contributed by atoms with Gasteiger partial charge in [0.15, 0.2) is 0 Å². The number of rotatable bonds is 5. The molecular weight excluding hydrogens is 308 g/mol. The molecule has 0 aliphatic heterocycles. The van der Waals surface area contributed by atoms with Gasteiger partial charge in [-0.25, -0.2) is 4.79 Å². The van der Waals surface area contributed by atoms with Crippen molar-refractivity contribution >= 4 is 17.8 Å². The first kappa shape index (κ1) is 15.9. The third-order valence-electron chi connectivity index (χ3n) is 4.27. The molecule has 6 heteroatoms. The Morgan fingerprint density at radius 3 is 2.78 bits per heavy atom. The number of benzene rings is 1. The largest absolute Gasteiger partial charge is 0.335 e. The number of hydrogen-bond acceptors (Lipinski definition) is 3. The molecule has 0 spiro atoms. The van der Waals surface area contributed by atoms with Gasteiger partial charge in [-0.1, -0.05) is 24.3 Å². The first-order valence-electron chi connectivity index (χ1n) is 7.90. The number of aromatic nitrogens is 2. The van der Waals surface area contributed by atoms with E-state index in [1.807, 2.05) is 42.1 Å². The Morgan fingerprint density at radius 2 is 2.13 bits per heavy atom. The molecule has 0 bridgehead atoms. The van der Waals surface area contributed by atoms with E-state index in [0.717, 1.165) is 29.7 Å². The van der Waals surface area contributed by atoms with Crippen LogP contribution in [-0.2, 0) is 6.54 Å². The summed E-state index contributed by atoms with van der Waals surface area (Å²) in [5.41, 5.74) is 3.16. The van der Waals surface area contributed by atoms with Gasteiger partial charge in [0.25, 0.3) is 0 Å². The standard InChI is InChI=1S/C17H22N4OS/c1-23-15-7-6-14(10-15)20-17(22)18-11-12-2-4-13(5-3-12)16-8-9-19-21-16/h2-5,8-9,14-15H,6-7,10-11H2,1H3,(H,19,21)(H2,18,20,22)/t14-,15+/m1/s1. The summed E-state index contributed by atoms with van der Waals surface area (Å²) in [4.78, 5) is 12.0. The smallest absolute Gasteiger partial charge is 0.315 e. The number of thioether (sulfide) groups is 1. The Labute approximate surface area is 140 Å². The molecule has 0 radical (unpaired) electrons. The fourth-order valence-corrected chi connectivity index (χ4v) is 3.72. The van der Waals surface area contributed by atoms with Crippen LogP contribution in [0.1, 0.15) is 24.8 Å². The van der Waals surface area contributed by atoms with Gasteiger partial charge < -0.3 is 10.6 Å². The minimum Gasteiger partial charge on any atom is -0.335 e. The summed E-state index contributed by atoms with van der Waals surface area (Å²) in [5.74, 6) is 0. The molecule has 3 rings (SSSR count). The second-order valence-corrected chi connectivity index (χ2v) is 7.00. The maximum absolute atomic E-state index is 12.0. The molecule has 1 aromatic heterocycles. The van der Waals surface area contributed by atoms with Gasteiger partial charge in [0, 0.05) is 24.0 Å². The van der Waals surface area contributed by atoms with Gasteiger partial charge in [0.1, 0.15) is 0 Å². The average molecular weight is 330 g/mol. The van der Waals surface area contributed by atoms with E-state index < -0.39 is 0 Å². The molecule has 1 saturated carbocycles. The van der Waals surface area contributed by atoms with Crippen molar-refractivity contribution in [2.45, 2.75) is 37.1 Å². The lowest BCUT2D eigenvalue weighted by Crippen LogP contribution is -2.40. The molecule has 1 aliphatic rings.